The molecule has 0 aliphatic carbocycles. The number of para-hydroxylation sites is 1. The second-order valence-corrected chi connectivity index (χ2v) is 3.70. The lowest BCUT2D eigenvalue weighted by Gasteiger charge is -2.10. The highest BCUT2D eigenvalue weighted by molar-refractivity contribution is 5.95. The first-order valence-corrected chi connectivity index (χ1v) is 5.39. The van der Waals surface area contributed by atoms with Crippen molar-refractivity contribution in [3.63, 3.8) is 0 Å². The molecule has 0 fully saturated rings. The van der Waals surface area contributed by atoms with Gasteiger partial charge in [-0.05, 0) is 18.2 Å². The van der Waals surface area contributed by atoms with Gasteiger partial charge in [-0.2, -0.15) is 0 Å². The summed E-state index contributed by atoms with van der Waals surface area (Å²) in [5.74, 6) is 0.326. The van der Waals surface area contributed by atoms with Gasteiger partial charge in [-0.25, -0.2) is 4.98 Å². The number of carbonyl (C=O) groups is 1. The molecule has 2 aromatic rings. The number of aromatic nitrogens is 1. The second kappa shape index (κ2) is 5.18. The number of benzene rings is 1. The first kappa shape index (κ1) is 11.9. The number of hydrogen-bond donors (Lipinski definition) is 2. The molecule has 1 aromatic heterocycles. The molecule has 0 aliphatic heterocycles. The summed E-state index contributed by atoms with van der Waals surface area (Å²) in [6, 6.07) is 10.4. The lowest BCUT2D eigenvalue weighted by atomic mass is 10.2. The van der Waals surface area contributed by atoms with E-state index in [4.69, 9.17) is 16.2 Å². The summed E-state index contributed by atoms with van der Waals surface area (Å²) in [6.45, 7) is 0.240. The number of primary amides is 1. The largest absolute Gasteiger partial charge is 0.488 e. The normalized spacial score (nSPS) is 10.0. The van der Waals surface area contributed by atoms with Gasteiger partial charge in [0.25, 0.3) is 5.91 Å². The molecule has 1 amide bonds. The van der Waals surface area contributed by atoms with E-state index in [1.807, 2.05) is 6.07 Å². The van der Waals surface area contributed by atoms with Crippen LogP contribution in [0.4, 0.5) is 5.82 Å². The van der Waals surface area contributed by atoms with Crippen LogP contribution in [0.25, 0.3) is 0 Å². The van der Waals surface area contributed by atoms with E-state index in [0.717, 1.165) is 5.56 Å². The molecule has 1 aromatic carbocycles. The molecule has 1 heterocycles. The molecule has 0 saturated carbocycles. The van der Waals surface area contributed by atoms with Gasteiger partial charge in [0.15, 0.2) is 0 Å². The first-order chi connectivity index (χ1) is 8.68. The standard InChI is InChI=1S/C13H13N3O2/c14-12-9(4-3-7-16-12)8-18-11-6-2-1-5-10(11)13(15)17/h1-7H,8H2,(H2,14,16)(H2,15,17). The lowest BCUT2D eigenvalue weighted by molar-refractivity contribution is 0.0996. The molecule has 4 N–H and O–H groups in total. The number of hydrogen-bond acceptors (Lipinski definition) is 4. The molecule has 0 saturated heterocycles. The Hall–Kier alpha value is -2.56. The van der Waals surface area contributed by atoms with Gasteiger partial charge in [0.1, 0.15) is 18.2 Å². The third-order valence-electron chi connectivity index (χ3n) is 2.46. The molecule has 0 spiro atoms. The highest BCUT2D eigenvalue weighted by Gasteiger charge is 2.09. The number of amides is 1. The topological polar surface area (TPSA) is 91.2 Å². The smallest absolute Gasteiger partial charge is 0.252 e. The van der Waals surface area contributed by atoms with E-state index in [2.05, 4.69) is 4.98 Å². The zero-order valence-electron chi connectivity index (χ0n) is 9.67. The summed E-state index contributed by atoms with van der Waals surface area (Å²) < 4.78 is 5.54. The Balaban J connectivity index is 2.16. The van der Waals surface area contributed by atoms with E-state index in [9.17, 15) is 4.79 Å². The average molecular weight is 243 g/mol. The van der Waals surface area contributed by atoms with Crippen LogP contribution in [-0.2, 0) is 6.61 Å². The van der Waals surface area contributed by atoms with Gasteiger partial charge >= 0.3 is 0 Å². The molecule has 0 bridgehead atoms. The number of ether oxygens (including phenoxy) is 1. The van der Waals surface area contributed by atoms with Gasteiger partial charge in [-0.3, -0.25) is 4.79 Å². The van der Waals surface area contributed by atoms with Gasteiger partial charge in [-0.15, -0.1) is 0 Å². The van der Waals surface area contributed by atoms with Crippen LogP contribution in [-0.4, -0.2) is 10.9 Å². The van der Waals surface area contributed by atoms with Crippen molar-refractivity contribution in [1.82, 2.24) is 4.98 Å². The Morgan fingerprint density at radius 2 is 2.00 bits per heavy atom. The monoisotopic (exact) mass is 243 g/mol. The van der Waals surface area contributed by atoms with E-state index in [0.29, 0.717) is 17.1 Å². The van der Waals surface area contributed by atoms with Crippen molar-refractivity contribution >= 4 is 11.7 Å². The predicted molar refractivity (Wildman–Crippen MR) is 67.9 cm³/mol. The highest BCUT2D eigenvalue weighted by Crippen LogP contribution is 2.19. The van der Waals surface area contributed by atoms with Crippen LogP contribution < -0.4 is 16.2 Å². The summed E-state index contributed by atoms with van der Waals surface area (Å²) in [4.78, 5) is 15.2. The quantitative estimate of drug-likeness (QED) is 0.847. The van der Waals surface area contributed by atoms with Crippen molar-refractivity contribution in [3.8, 4) is 5.75 Å². The van der Waals surface area contributed by atoms with E-state index in [1.165, 1.54) is 0 Å². The summed E-state index contributed by atoms with van der Waals surface area (Å²) in [6.07, 6.45) is 1.61. The average Bonchev–Trinajstić information content (AvgIpc) is 2.38. The summed E-state index contributed by atoms with van der Waals surface area (Å²) in [5, 5.41) is 0. The Kier molecular flexibility index (Phi) is 3.43. The van der Waals surface area contributed by atoms with Crippen molar-refractivity contribution in [2.24, 2.45) is 5.73 Å². The van der Waals surface area contributed by atoms with Crippen LogP contribution in [0.1, 0.15) is 15.9 Å². The maximum atomic E-state index is 11.2. The maximum Gasteiger partial charge on any atom is 0.252 e. The fourth-order valence-corrected chi connectivity index (χ4v) is 1.52. The van der Waals surface area contributed by atoms with Gasteiger partial charge in [-0.1, -0.05) is 18.2 Å². The highest BCUT2D eigenvalue weighted by atomic mass is 16.5. The Morgan fingerprint density at radius 1 is 1.22 bits per heavy atom. The van der Waals surface area contributed by atoms with Crippen molar-refractivity contribution in [1.29, 1.82) is 0 Å². The van der Waals surface area contributed by atoms with Crippen molar-refractivity contribution < 1.29 is 9.53 Å². The number of nitrogens with two attached hydrogens (primary N) is 2. The van der Waals surface area contributed by atoms with Gasteiger partial charge in [0.05, 0.1) is 5.56 Å². The van der Waals surface area contributed by atoms with E-state index >= 15 is 0 Å². The minimum Gasteiger partial charge on any atom is -0.488 e. The molecular formula is C13H13N3O2. The number of anilines is 1. The van der Waals surface area contributed by atoms with Crippen LogP contribution in [0, 0.1) is 0 Å². The molecule has 0 unspecified atom stereocenters. The summed E-state index contributed by atoms with van der Waals surface area (Å²) in [7, 11) is 0. The summed E-state index contributed by atoms with van der Waals surface area (Å²) in [5.41, 5.74) is 12.1. The van der Waals surface area contributed by atoms with Crippen LogP contribution in [0.15, 0.2) is 42.6 Å². The van der Waals surface area contributed by atoms with Crippen LogP contribution in [0.5, 0.6) is 5.75 Å². The third-order valence-corrected chi connectivity index (χ3v) is 2.46. The van der Waals surface area contributed by atoms with E-state index < -0.39 is 5.91 Å². The molecule has 5 heteroatoms. The number of nitrogen functional groups attached to an aromatic ring is 1. The Labute approximate surface area is 104 Å². The molecule has 2 rings (SSSR count). The van der Waals surface area contributed by atoms with Gasteiger partial charge in [0.2, 0.25) is 0 Å². The molecular weight excluding hydrogens is 230 g/mol. The Morgan fingerprint density at radius 3 is 2.72 bits per heavy atom. The Bertz CT molecular complexity index is 570. The third kappa shape index (κ3) is 2.57. The molecule has 0 atom stereocenters. The van der Waals surface area contributed by atoms with E-state index in [1.54, 1.807) is 36.5 Å². The van der Waals surface area contributed by atoms with Crippen molar-refractivity contribution in [2.45, 2.75) is 6.61 Å². The molecule has 5 nitrogen and oxygen atoms in total. The first-order valence-electron chi connectivity index (χ1n) is 5.39. The second-order valence-electron chi connectivity index (χ2n) is 3.70. The van der Waals surface area contributed by atoms with Crippen LogP contribution in [0.3, 0.4) is 0 Å². The van der Waals surface area contributed by atoms with Crippen molar-refractivity contribution in [2.75, 3.05) is 5.73 Å². The molecule has 0 radical (unpaired) electrons. The number of rotatable bonds is 4. The summed E-state index contributed by atoms with van der Waals surface area (Å²) >= 11 is 0. The van der Waals surface area contributed by atoms with E-state index in [-0.39, 0.29) is 6.61 Å². The van der Waals surface area contributed by atoms with Gasteiger partial charge < -0.3 is 16.2 Å². The zero-order chi connectivity index (χ0) is 13.0. The fourth-order valence-electron chi connectivity index (χ4n) is 1.52. The van der Waals surface area contributed by atoms with Crippen molar-refractivity contribution in [3.05, 3.63) is 53.7 Å². The zero-order valence-corrected chi connectivity index (χ0v) is 9.67. The lowest BCUT2D eigenvalue weighted by Crippen LogP contribution is -2.13. The SMILES string of the molecule is NC(=O)c1ccccc1OCc1cccnc1N. The minimum absolute atomic E-state index is 0.240. The number of carbonyl (C=O) groups excluding carboxylic acids is 1. The number of pyridine rings is 1. The minimum atomic E-state index is -0.523. The molecule has 0 aliphatic rings. The number of nitrogens with zero attached hydrogens (tertiary/aromatic N) is 1. The van der Waals surface area contributed by atoms with Crippen LogP contribution >= 0.6 is 0 Å². The fraction of sp³-hybridized carbons (Fsp3) is 0.0769. The predicted octanol–water partition coefficient (Wildman–Crippen LogP) is 1.34. The molecule has 18 heavy (non-hydrogen) atoms. The van der Waals surface area contributed by atoms with Gasteiger partial charge in [0, 0.05) is 11.8 Å². The maximum absolute atomic E-state index is 11.2. The molecule has 92 valence electrons. The van der Waals surface area contributed by atoms with Crippen LogP contribution in [0.2, 0.25) is 0 Å².